The van der Waals surface area contributed by atoms with Crippen molar-refractivity contribution in [3.8, 4) is 0 Å². The minimum absolute atomic E-state index is 0.252. The third-order valence-corrected chi connectivity index (χ3v) is 6.15. The first-order valence-electron chi connectivity index (χ1n) is 7.25. The van der Waals surface area contributed by atoms with Crippen molar-refractivity contribution in [3.63, 3.8) is 0 Å². The van der Waals surface area contributed by atoms with Gasteiger partial charge in [-0.25, -0.2) is 0 Å². The van der Waals surface area contributed by atoms with E-state index in [0.29, 0.717) is 0 Å². The highest BCUT2D eigenvalue weighted by molar-refractivity contribution is 5.09. The van der Waals surface area contributed by atoms with Crippen LogP contribution in [0.3, 0.4) is 0 Å². The highest BCUT2D eigenvalue weighted by atomic mass is 16.5. The van der Waals surface area contributed by atoms with Gasteiger partial charge >= 0.3 is 0 Å². The van der Waals surface area contributed by atoms with Crippen LogP contribution in [0.25, 0.3) is 0 Å². The second-order valence-corrected chi connectivity index (χ2v) is 6.67. The summed E-state index contributed by atoms with van der Waals surface area (Å²) in [6, 6.07) is 0. The Labute approximate surface area is 99.9 Å². The first-order chi connectivity index (χ1) is 7.70. The van der Waals surface area contributed by atoms with Gasteiger partial charge in [0.1, 0.15) is 0 Å². The van der Waals surface area contributed by atoms with Gasteiger partial charge in [-0.05, 0) is 61.7 Å². The Balaban J connectivity index is 1.94. The number of ether oxygens (including phenoxy) is 1. The van der Waals surface area contributed by atoms with E-state index in [4.69, 9.17) is 4.74 Å². The molecule has 4 saturated carbocycles. The van der Waals surface area contributed by atoms with E-state index < -0.39 is 0 Å². The third kappa shape index (κ3) is 1.27. The van der Waals surface area contributed by atoms with Crippen molar-refractivity contribution in [1.82, 2.24) is 0 Å². The lowest BCUT2D eigenvalue weighted by molar-refractivity contribution is -0.216. The van der Waals surface area contributed by atoms with Gasteiger partial charge in [-0.2, -0.15) is 0 Å². The Bertz CT molecular complexity index is 243. The number of hydrogen-bond acceptors (Lipinski definition) is 1. The molecule has 1 heteroatoms. The molecule has 0 aromatic carbocycles. The van der Waals surface area contributed by atoms with E-state index >= 15 is 0 Å². The molecule has 0 saturated heterocycles. The monoisotopic (exact) mass is 222 g/mol. The lowest BCUT2D eigenvalue weighted by atomic mass is 9.47. The number of methoxy groups -OCH3 is 1. The summed E-state index contributed by atoms with van der Waals surface area (Å²) in [6.45, 7) is 4.75. The van der Waals surface area contributed by atoms with Crippen LogP contribution >= 0.6 is 0 Å². The molecule has 1 unspecified atom stereocenters. The zero-order valence-corrected chi connectivity index (χ0v) is 11.0. The van der Waals surface area contributed by atoms with E-state index in [2.05, 4.69) is 13.8 Å². The molecule has 4 aliphatic carbocycles. The van der Waals surface area contributed by atoms with Crippen LogP contribution in [-0.4, -0.2) is 12.7 Å². The zero-order valence-electron chi connectivity index (χ0n) is 11.0. The molecule has 0 aromatic heterocycles. The summed E-state index contributed by atoms with van der Waals surface area (Å²) in [5.74, 6) is 4.60. The highest BCUT2D eigenvalue weighted by Crippen LogP contribution is 2.61. The van der Waals surface area contributed by atoms with Crippen molar-refractivity contribution < 1.29 is 4.74 Å². The Morgan fingerprint density at radius 3 is 1.94 bits per heavy atom. The quantitative estimate of drug-likeness (QED) is 0.704. The zero-order chi connectivity index (χ0) is 11.3. The summed E-state index contributed by atoms with van der Waals surface area (Å²) < 4.78 is 6.17. The average Bonchev–Trinajstić information content (AvgIpc) is 2.28. The topological polar surface area (TPSA) is 9.23 Å². The molecule has 0 aromatic rings. The van der Waals surface area contributed by atoms with E-state index in [-0.39, 0.29) is 5.60 Å². The summed E-state index contributed by atoms with van der Waals surface area (Å²) in [7, 11) is 1.98. The van der Waals surface area contributed by atoms with Gasteiger partial charge in [-0.15, -0.1) is 0 Å². The second kappa shape index (κ2) is 3.73. The van der Waals surface area contributed by atoms with Crippen LogP contribution in [0.2, 0.25) is 0 Å². The van der Waals surface area contributed by atoms with Gasteiger partial charge in [0.05, 0.1) is 5.60 Å². The van der Waals surface area contributed by atoms with Crippen LogP contribution in [0.15, 0.2) is 0 Å². The van der Waals surface area contributed by atoms with Crippen molar-refractivity contribution in [2.24, 2.45) is 29.6 Å². The summed E-state index contributed by atoms with van der Waals surface area (Å²) in [4.78, 5) is 0. The maximum Gasteiger partial charge on any atom is 0.0760 e. The van der Waals surface area contributed by atoms with Crippen LogP contribution in [0.4, 0.5) is 0 Å². The van der Waals surface area contributed by atoms with Crippen molar-refractivity contribution >= 4 is 0 Å². The second-order valence-electron chi connectivity index (χ2n) is 6.67. The third-order valence-electron chi connectivity index (χ3n) is 6.15. The van der Waals surface area contributed by atoms with E-state index in [1.807, 2.05) is 7.11 Å². The smallest absolute Gasteiger partial charge is 0.0760 e. The molecule has 92 valence electrons. The summed E-state index contributed by atoms with van der Waals surface area (Å²) in [6.07, 6.45) is 8.66. The fourth-order valence-corrected chi connectivity index (χ4v) is 5.58. The fraction of sp³-hybridized carbons (Fsp3) is 1.00. The molecule has 1 nitrogen and oxygen atoms in total. The normalized spacial score (nSPS) is 51.9. The lowest BCUT2D eigenvalue weighted by Gasteiger charge is -2.62. The molecule has 4 aliphatic rings. The SMILES string of the molecule is CCC(C)C1(OC)C2CC3CC(C2)CC1C3. The molecule has 1 atom stereocenters. The van der Waals surface area contributed by atoms with Crippen molar-refractivity contribution in [2.75, 3.05) is 7.11 Å². The molecule has 4 fully saturated rings. The molecule has 0 spiro atoms. The molecule has 4 rings (SSSR count). The summed E-state index contributed by atoms with van der Waals surface area (Å²) in [5.41, 5.74) is 0.252. The van der Waals surface area contributed by atoms with E-state index in [0.717, 1.165) is 29.6 Å². The number of rotatable bonds is 3. The van der Waals surface area contributed by atoms with E-state index in [1.165, 1.54) is 38.5 Å². The van der Waals surface area contributed by atoms with Gasteiger partial charge in [0, 0.05) is 7.11 Å². The Morgan fingerprint density at radius 1 is 1.06 bits per heavy atom. The molecule has 0 radical (unpaired) electrons. The van der Waals surface area contributed by atoms with Crippen LogP contribution in [0, 0.1) is 29.6 Å². The van der Waals surface area contributed by atoms with Crippen LogP contribution in [-0.2, 0) is 4.74 Å². The summed E-state index contributed by atoms with van der Waals surface area (Å²) >= 11 is 0. The van der Waals surface area contributed by atoms with Crippen molar-refractivity contribution in [3.05, 3.63) is 0 Å². The van der Waals surface area contributed by atoms with Crippen LogP contribution < -0.4 is 0 Å². The highest BCUT2D eigenvalue weighted by Gasteiger charge is 2.59. The Morgan fingerprint density at radius 2 is 1.56 bits per heavy atom. The maximum absolute atomic E-state index is 6.17. The first-order valence-corrected chi connectivity index (χ1v) is 7.25. The van der Waals surface area contributed by atoms with Gasteiger partial charge in [-0.3, -0.25) is 0 Å². The van der Waals surface area contributed by atoms with E-state index in [9.17, 15) is 0 Å². The lowest BCUT2D eigenvalue weighted by Crippen LogP contribution is -2.61. The minimum Gasteiger partial charge on any atom is -0.377 e. The van der Waals surface area contributed by atoms with Crippen LogP contribution in [0.5, 0.6) is 0 Å². The first kappa shape index (κ1) is 11.1. The predicted molar refractivity (Wildman–Crippen MR) is 66.2 cm³/mol. The maximum atomic E-state index is 6.17. The van der Waals surface area contributed by atoms with E-state index in [1.54, 1.807) is 0 Å². The van der Waals surface area contributed by atoms with Crippen molar-refractivity contribution in [2.45, 2.75) is 58.0 Å². The van der Waals surface area contributed by atoms with Gasteiger partial charge < -0.3 is 4.74 Å². The molecule has 4 bridgehead atoms. The van der Waals surface area contributed by atoms with Gasteiger partial charge in [0.25, 0.3) is 0 Å². The van der Waals surface area contributed by atoms with Gasteiger partial charge in [0.2, 0.25) is 0 Å². The summed E-state index contributed by atoms with van der Waals surface area (Å²) in [5, 5.41) is 0. The standard InChI is InChI=1S/C15H26O/c1-4-10(2)15(16-3)13-6-11-5-12(8-13)9-14(15)7-11/h10-14H,4-9H2,1-3H3. The molecule has 0 N–H and O–H groups in total. The molecule has 0 heterocycles. The largest absolute Gasteiger partial charge is 0.377 e. The van der Waals surface area contributed by atoms with Crippen LogP contribution in [0.1, 0.15) is 52.4 Å². The Kier molecular flexibility index (Phi) is 2.58. The average molecular weight is 222 g/mol. The Hall–Kier alpha value is -0.0400. The molecular weight excluding hydrogens is 196 g/mol. The van der Waals surface area contributed by atoms with Gasteiger partial charge in [-0.1, -0.05) is 20.3 Å². The fourth-order valence-electron chi connectivity index (χ4n) is 5.58. The van der Waals surface area contributed by atoms with Gasteiger partial charge in [0.15, 0.2) is 0 Å². The van der Waals surface area contributed by atoms with Crippen molar-refractivity contribution in [1.29, 1.82) is 0 Å². The molecular formula is C15H26O. The minimum atomic E-state index is 0.252. The molecule has 16 heavy (non-hydrogen) atoms. The predicted octanol–water partition coefficient (Wildman–Crippen LogP) is 3.87. The molecule has 0 aliphatic heterocycles. The molecule has 0 amide bonds. The number of hydrogen-bond donors (Lipinski definition) is 0.